The van der Waals surface area contributed by atoms with Gasteiger partial charge >= 0.3 is 17.9 Å². The number of hydrogen-bond acceptors (Lipinski definition) is 12. The predicted octanol–water partition coefficient (Wildman–Crippen LogP) is 2.31. The third-order valence-electron chi connectivity index (χ3n) is 5.19. The number of ether oxygens (including phenoxy) is 3. The molecule has 9 nitrogen and oxygen atoms in total. The van der Waals surface area contributed by atoms with E-state index in [1.54, 1.807) is 0 Å². The molecule has 0 spiro atoms. The molecule has 1 amide bonds. The van der Waals surface area contributed by atoms with Crippen LogP contribution in [0.2, 0.25) is 0 Å². The smallest absolute Gasteiger partial charge is 0.306 e. The van der Waals surface area contributed by atoms with Crippen molar-refractivity contribution in [1.29, 1.82) is 0 Å². The molecule has 1 fully saturated rings. The van der Waals surface area contributed by atoms with Crippen molar-refractivity contribution in [3.8, 4) is 0 Å². The van der Waals surface area contributed by atoms with Gasteiger partial charge < -0.3 is 19.5 Å². The predicted molar refractivity (Wildman–Crippen MR) is 143 cm³/mol. The minimum absolute atomic E-state index is 0.00449. The SMILES string of the molecule is CCC(COC(=O)CCS)(COC(=O)CCS)COC(=O)CCSCCC(=O)NC1CCSC1=O. The number of thiol groups is 2. The van der Waals surface area contributed by atoms with Gasteiger partial charge in [0.05, 0.1) is 30.7 Å². The number of nitrogens with one attached hydrogen (secondary N) is 1. The second-order valence-electron chi connectivity index (χ2n) is 7.97. The molecule has 0 aromatic rings. The van der Waals surface area contributed by atoms with Crippen LogP contribution in [0.15, 0.2) is 0 Å². The molecule has 1 N–H and O–H groups in total. The zero-order chi connectivity index (χ0) is 26.1. The van der Waals surface area contributed by atoms with E-state index in [9.17, 15) is 24.0 Å². The molecule has 0 aromatic carbocycles. The lowest BCUT2D eigenvalue weighted by atomic mass is 9.88. The van der Waals surface area contributed by atoms with Crippen LogP contribution in [0, 0.1) is 5.41 Å². The first-order valence-electron chi connectivity index (χ1n) is 11.5. The number of carbonyl (C=O) groups excluding carboxylic acids is 5. The molecule has 1 aliphatic heterocycles. The lowest BCUT2D eigenvalue weighted by molar-refractivity contribution is -0.161. The van der Waals surface area contributed by atoms with E-state index in [0.29, 0.717) is 35.9 Å². The Morgan fingerprint density at radius 2 is 1.46 bits per heavy atom. The van der Waals surface area contributed by atoms with Crippen LogP contribution in [-0.2, 0) is 38.2 Å². The van der Waals surface area contributed by atoms with E-state index < -0.39 is 23.3 Å². The van der Waals surface area contributed by atoms with Crippen molar-refractivity contribution in [3.05, 3.63) is 0 Å². The van der Waals surface area contributed by atoms with Crippen molar-refractivity contribution in [2.24, 2.45) is 5.41 Å². The lowest BCUT2D eigenvalue weighted by Crippen LogP contribution is -2.39. The van der Waals surface area contributed by atoms with Crippen LogP contribution < -0.4 is 5.32 Å². The highest BCUT2D eigenvalue weighted by atomic mass is 32.2. The van der Waals surface area contributed by atoms with Gasteiger partial charge in [-0.05, 0) is 12.8 Å². The molecule has 0 radical (unpaired) electrons. The molecule has 1 rings (SSSR count). The first-order valence-corrected chi connectivity index (χ1v) is 14.9. The third-order valence-corrected chi connectivity index (χ3v) is 7.64. The molecule has 0 saturated carbocycles. The van der Waals surface area contributed by atoms with Crippen molar-refractivity contribution in [2.75, 3.05) is 48.6 Å². The molecule has 1 saturated heterocycles. The maximum Gasteiger partial charge on any atom is 0.306 e. The van der Waals surface area contributed by atoms with E-state index in [1.807, 2.05) is 6.92 Å². The van der Waals surface area contributed by atoms with Crippen LogP contribution in [-0.4, -0.2) is 83.6 Å². The van der Waals surface area contributed by atoms with Gasteiger partial charge in [0.25, 0.3) is 0 Å². The second kappa shape index (κ2) is 18.2. The summed E-state index contributed by atoms with van der Waals surface area (Å²) in [6.45, 7) is 1.67. The number of esters is 3. The van der Waals surface area contributed by atoms with Gasteiger partial charge in [0.2, 0.25) is 11.0 Å². The van der Waals surface area contributed by atoms with Gasteiger partial charge in [-0.25, -0.2) is 0 Å². The van der Waals surface area contributed by atoms with Gasteiger partial charge in [0.15, 0.2) is 0 Å². The molecule has 0 aromatic heterocycles. The molecule has 1 heterocycles. The fourth-order valence-electron chi connectivity index (χ4n) is 2.85. The Labute approximate surface area is 226 Å². The van der Waals surface area contributed by atoms with Crippen molar-refractivity contribution >= 4 is 77.7 Å². The molecule has 35 heavy (non-hydrogen) atoms. The lowest BCUT2D eigenvalue weighted by Gasteiger charge is -2.31. The zero-order valence-electron chi connectivity index (χ0n) is 20.0. The molecular weight excluding hydrogens is 535 g/mol. The molecule has 200 valence electrons. The number of rotatable bonds is 18. The van der Waals surface area contributed by atoms with Crippen molar-refractivity contribution in [3.63, 3.8) is 0 Å². The van der Waals surface area contributed by atoms with Gasteiger partial charge in [-0.1, -0.05) is 18.7 Å². The highest BCUT2D eigenvalue weighted by Crippen LogP contribution is 2.25. The summed E-state index contributed by atoms with van der Waals surface area (Å²) in [6, 6.07) is -0.388. The topological polar surface area (TPSA) is 125 Å². The van der Waals surface area contributed by atoms with E-state index in [4.69, 9.17) is 14.2 Å². The summed E-state index contributed by atoms with van der Waals surface area (Å²) >= 11 is 10.7. The van der Waals surface area contributed by atoms with E-state index in [1.165, 1.54) is 23.5 Å². The van der Waals surface area contributed by atoms with E-state index in [2.05, 4.69) is 30.6 Å². The van der Waals surface area contributed by atoms with E-state index in [-0.39, 0.29) is 62.6 Å². The van der Waals surface area contributed by atoms with E-state index >= 15 is 0 Å². The van der Waals surface area contributed by atoms with Crippen molar-refractivity contribution < 1.29 is 38.2 Å². The second-order valence-corrected chi connectivity index (χ2v) is 11.2. The van der Waals surface area contributed by atoms with Crippen LogP contribution in [0.1, 0.15) is 45.4 Å². The highest BCUT2D eigenvalue weighted by Gasteiger charge is 2.34. The number of hydrogen-bond donors (Lipinski definition) is 3. The van der Waals surface area contributed by atoms with Crippen LogP contribution in [0.25, 0.3) is 0 Å². The van der Waals surface area contributed by atoms with Crippen LogP contribution >= 0.6 is 48.8 Å². The standard InChI is InChI=1S/C22H35NO8S4/c1-2-22(13-29-18(25)3-8-32,14-30-19(26)4-9-33)15-31-20(27)7-11-34-10-6-17(24)23-16-5-12-35-21(16)28/h16,32-33H,2-15H2,1H3,(H,23,24). The summed E-state index contributed by atoms with van der Waals surface area (Å²) in [5.74, 6) is 0.957. The Hall–Kier alpha value is -1.05. The van der Waals surface area contributed by atoms with Gasteiger partial charge in [-0.3, -0.25) is 24.0 Å². The molecule has 0 bridgehead atoms. The van der Waals surface area contributed by atoms with Gasteiger partial charge in [0.1, 0.15) is 19.8 Å². The van der Waals surface area contributed by atoms with Gasteiger partial charge in [-0.2, -0.15) is 37.0 Å². The normalized spacial score (nSPS) is 15.5. The summed E-state index contributed by atoms with van der Waals surface area (Å²) < 4.78 is 16.0. The summed E-state index contributed by atoms with van der Waals surface area (Å²) in [7, 11) is 0. The van der Waals surface area contributed by atoms with Crippen LogP contribution in [0.5, 0.6) is 0 Å². The van der Waals surface area contributed by atoms with Crippen molar-refractivity contribution in [2.45, 2.75) is 51.5 Å². The van der Waals surface area contributed by atoms with Gasteiger partial charge in [0, 0.05) is 35.2 Å². The van der Waals surface area contributed by atoms with E-state index in [0.717, 1.165) is 5.75 Å². The first kappa shape index (κ1) is 32.0. The maximum absolute atomic E-state index is 12.3. The number of carbonyl (C=O) groups is 5. The molecule has 1 atom stereocenters. The molecular formula is C22H35NO8S4. The highest BCUT2D eigenvalue weighted by molar-refractivity contribution is 8.14. The minimum Gasteiger partial charge on any atom is -0.465 e. The summed E-state index contributed by atoms with van der Waals surface area (Å²) in [5, 5.41) is 2.74. The fourth-order valence-corrected chi connectivity index (χ4v) is 4.99. The Morgan fingerprint density at radius 1 is 0.943 bits per heavy atom. The summed E-state index contributed by atoms with van der Waals surface area (Å²) in [5.41, 5.74) is -0.852. The largest absolute Gasteiger partial charge is 0.465 e. The Balaban J connectivity index is 2.41. The molecule has 0 aliphatic carbocycles. The maximum atomic E-state index is 12.3. The minimum atomic E-state index is -0.852. The number of thioether (sulfide) groups is 2. The Kier molecular flexibility index (Phi) is 16.7. The average molecular weight is 570 g/mol. The quantitative estimate of drug-likeness (QED) is 0.0980. The number of amides is 1. The monoisotopic (exact) mass is 569 g/mol. The molecule has 1 unspecified atom stereocenters. The molecule has 1 aliphatic rings. The van der Waals surface area contributed by atoms with Crippen LogP contribution in [0.4, 0.5) is 0 Å². The summed E-state index contributed by atoms with van der Waals surface area (Å²) in [6.07, 6.45) is 1.82. The Bertz CT molecular complexity index is 700. The zero-order valence-corrected chi connectivity index (χ0v) is 23.4. The molecule has 13 heteroatoms. The van der Waals surface area contributed by atoms with Crippen molar-refractivity contribution in [1.82, 2.24) is 5.32 Å². The van der Waals surface area contributed by atoms with Gasteiger partial charge in [-0.15, -0.1) is 0 Å². The van der Waals surface area contributed by atoms with Crippen LogP contribution in [0.3, 0.4) is 0 Å². The first-order chi connectivity index (χ1) is 16.7. The summed E-state index contributed by atoms with van der Waals surface area (Å²) in [4.78, 5) is 59.4. The average Bonchev–Trinajstić information content (AvgIpc) is 3.23. The fraction of sp³-hybridized carbons (Fsp3) is 0.773. The Morgan fingerprint density at radius 3 is 1.91 bits per heavy atom. The third kappa shape index (κ3) is 13.7.